The van der Waals surface area contributed by atoms with E-state index >= 15 is 0 Å². The van der Waals surface area contributed by atoms with E-state index in [4.69, 9.17) is 4.42 Å². The molecule has 10 heteroatoms. The SMILES string of the molecule is Cc1nc(C)c(C#N)c(SCC(=O)N(Cc2ccco2)CC(F)(F)F)n1. The molecule has 2 aromatic heterocycles. The number of amides is 1. The van der Waals surface area contributed by atoms with Crippen molar-refractivity contribution in [3.05, 3.63) is 41.2 Å². The van der Waals surface area contributed by atoms with Crippen LogP contribution < -0.4 is 0 Å². The first-order valence-corrected chi connectivity index (χ1v) is 8.43. The van der Waals surface area contributed by atoms with Gasteiger partial charge in [0, 0.05) is 0 Å². The molecular formula is C16H15F3N4O2S. The van der Waals surface area contributed by atoms with Gasteiger partial charge in [0.15, 0.2) is 0 Å². The summed E-state index contributed by atoms with van der Waals surface area (Å²) in [6.07, 6.45) is -3.21. The second kappa shape index (κ2) is 8.23. The minimum atomic E-state index is -4.53. The van der Waals surface area contributed by atoms with Gasteiger partial charge in [-0.3, -0.25) is 4.79 Å². The van der Waals surface area contributed by atoms with Crippen molar-refractivity contribution in [2.45, 2.75) is 31.6 Å². The summed E-state index contributed by atoms with van der Waals surface area (Å²) in [7, 11) is 0. The number of hydrogen-bond donors (Lipinski definition) is 0. The van der Waals surface area contributed by atoms with E-state index in [1.54, 1.807) is 13.8 Å². The van der Waals surface area contributed by atoms with Crippen LogP contribution in [0.4, 0.5) is 13.2 Å². The number of carbonyl (C=O) groups excluding carboxylic acids is 1. The summed E-state index contributed by atoms with van der Waals surface area (Å²) < 4.78 is 43.4. The average molecular weight is 384 g/mol. The summed E-state index contributed by atoms with van der Waals surface area (Å²) in [4.78, 5) is 21.2. The Morgan fingerprint density at radius 2 is 2.12 bits per heavy atom. The molecule has 0 bridgehead atoms. The Morgan fingerprint density at radius 1 is 1.38 bits per heavy atom. The molecule has 0 aliphatic heterocycles. The number of rotatable bonds is 6. The summed E-state index contributed by atoms with van der Waals surface area (Å²) in [5, 5.41) is 9.46. The van der Waals surface area contributed by atoms with Gasteiger partial charge in [-0.1, -0.05) is 11.8 Å². The third-order valence-corrected chi connectivity index (χ3v) is 4.22. The number of nitrogens with zero attached hydrogens (tertiary/aromatic N) is 4. The first-order chi connectivity index (χ1) is 12.2. The van der Waals surface area contributed by atoms with Crippen molar-refractivity contribution < 1.29 is 22.4 Å². The van der Waals surface area contributed by atoms with Crippen LogP contribution in [0.25, 0.3) is 0 Å². The topological polar surface area (TPSA) is 83.0 Å². The van der Waals surface area contributed by atoms with Gasteiger partial charge >= 0.3 is 6.18 Å². The van der Waals surface area contributed by atoms with Crippen molar-refractivity contribution in [3.8, 4) is 6.07 Å². The zero-order valence-electron chi connectivity index (χ0n) is 14.0. The zero-order valence-corrected chi connectivity index (χ0v) is 14.8. The highest BCUT2D eigenvalue weighted by Crippen LogP contribution is 2.24. The van der Waals surface area contributed by atoms with Gasteiger partial charge in [-0.25, -0.2) is 9.97 Å². The van der Waals surface area contributed by atoms with Crippen LogP contribution in [0.15, 0.2) is 27.8 Å². The Labute approximate surface area is 152 Å². The number of aryl methyl sites for hydroxylation is 2. The van der Waals surface area contributed by atoms with E-state index in [9.17, 15) is 23.2 Å². The Bertz CT molecular complexity index is 816. The molecule has 6 nitrogen and oxygen atoms in total. The van der Waals surface area contributed by atoms with Gasteiger partial charge in [-0.15, -0.1) is 0 Å². The molecule has 138 valence electrons. The van der Waals surface area contributed by atoms with Crippen LogP contribution in [0.5, 0.6) is 0 Å². The van der Waals surface area contributed by atoms with Gasteiger partial charge in [0.1, 0.15) is 34.8 Å². The summed E-state index contributed by atoms with van der Waals surface area (Å²) in [6, 6.07) is 4.98. The third-order valence-electron chi connectivity index (χ3n) is 3.26. The lowest BCUT2D eigenvalue weighted by Crippen LogP contribution is -2.39. The molecule has 26 heavy (non-hydrogen) atoms. The normalized spacial score (nSPS) is 11.2. The van der Waals surface area contributed by atoms with Gasteiger partial charge in [0.05, 0.1) is 24.3 Å². The molecule has 2 rings (SSSR count). The van der Waals surface area contributed by atoms with E-state index in [-0.39, 0.29) is 28.6 Å². The highest BCUT2D eigenvalue weighted by atomic mass is 32.2. The molecular weight excluding hydrogens is 369 g/mol. The van der Waals surface area contributed by atoms with Crippen LogP contribution >= 0.6 is 11.8 Å². The van der Waals surface area contributed by atoms with E-state index in [1.807, 2.05) is 6.07 Å². The van der Waals surface area contributed by atoms with Gasteiger partial charge in [0.2, 0.25) is 5.91 Å². The van der Waals surface area contributed by atoms with E-state index < -0.39 is 18.6 Å². The molecule has 0 spiro atoms. The second-order valence-corrected chi connectivity index (χ2v) is 6.35. The lowest BCUT2D eigenvalue weighted by molar-refractivity contribution is -0.161. The van der Waals surface area contributed by atoms with Gasteiger partial charge in [-0.2, -0.15) is 18.4 Å². The van der Waals surface area contributed by atoms with Crippen LogP contribution in [0.3, 0.4) is 0 Å². The minimum absolute atomic E-state index is 0.210. The van der Waals surface area contributed by atoms with Crippen molar-refractivity contribution in [1.29, 1.82) is 5.26 Å². The molecule has 0 aliphatic carbocycles. The van der Waals surface area contributed by atoms with E-state index in [2.05, 4.69) is 9.97 Å². The fraction of sp³-hybridized carbons (Fsp3) is 0.375. The maximum Gasteiger partial charge on any atom is 0.406 e. The Hall–Kier alpha value is -2.54. The van der Waals surface area contributed by atoms with E-state index in [0.29, 0.717) is 16.4 Å². The van der Waals surface area contributed by atoms with Crippen LogP contribution in [0, 0.1) is 25.2 Å². The summed E-state index contributed by atoms with van der Waals surface area (Å²) >= 11 is 0.912. The summed E-state index contributed by atoms with van der Waals surface area (Å²) in [5.74, 6) is -0.360. The fourth-order valence-electron chi connectivity index (χ4n) is 2.18. The largest absolute Gasteiger partial charge is 0.467 e. The number of hydrogen-bond acceptors (Lipinski definition) is 6. The lowest BCUT2D eigenvalue weighted by Gasteiger charge is -2.23. The van der Waals surface area contributed by atoms with Crippen LogP contribution in [0.2, 0.25) is 0 Å². The van der Waals surface area contributed by atoms with Crippen molar-refractivity contribution in [3.63, 3.8) is 0 Å². The van der Waals surface area contributed by atoms with Crippen molar-refractivity contribution in [2.24, 2.45) is 0 Å². The highest BCUT2D eigenvalue weighted by molar-refractivity contribution is 8.00. The Balaban J connectivity index is 2.13. The maximum absolute atomic E-state index is 12.8. The second-order valence-electron chi connectivity index (χ2n) is 5.38. The molecule has 0 fully saturated rings. The number of thioether (sulfide) groups is 1. The molecule has 0 N–H and O–H groups in total. The van der Waals surface area contributed by atoms with E-state index in [1.165, 1.54) is 18.4 Å². The smallest absolute Gasteiger partial charge is 0.406 e. The molecule has 0 atom stereocenters. The number of alkyl halides is 3. The monoisotopic (exact) mass is 384 g/mol. The molecule has 0 radical (unpaired) electrons. The molecule has 1 amide bonds. The fourth-order valence-corrected chi connectivity index (χ4v) is 3.15. The zero-order chi connectivity index (χ0) is 19.3. The number of aromatic nitrogens is 2. The predicted octanol–water partition coefficient (Wildman–Crippen LogP) is 3.24. The molecule has 2 heterocycles. The van der Waals surface area contributed by atoms with Crippen molar-refractivity contribution in [1.82, 2.24) is 14.9 Å². The van der Waals surface area contributed by atoms with Gasteiger partial charge in [0.25, 0.3) is 0 Å². The highest BCUT2D eigenvalue weighted by Gasteiger charge is 2.33. The molecule has 0 aliphatic rings. The first kappa shape index (κ1) is 19.8. The molecule has 0 unspecified atom stereocenters. The number of nitriles is 1. The summed E-state index contributed by atoms with van der Waals surface area (Å²) in [6.45, 7) is 1.58. The quantitative estimate of drug-likeness (QED) is 0.562. The number of furan rings is 1. The van der Waals surface area contributed by atoms with Crippen molar-refractivity contribution in [2.75, 3.05) is 12.3 Å². The molecule has 0 aromatic carbocycles. The average Bonchev–Trinajstić information content (AvgIpc) is 3.03. The molecule has 2 aromatic rings. The Morgan fingerprint density at radius 3 is 2.69 bits per heavy atom. The Kier molecular flexibility index (Phi) is 6.26. The number of halogens is 3. The standard InChI is InChI=1S/C16H15F3N4O2S/c1-10-13(6-20)15(22-11(2)21-10)26-8-14(24)23(9-16(17,18)19)7-12-4-3-5-25-12/h3-5H,7-9H2,1-2H3. The minimum Gasteiger partial charge on any atom is -0.467 e. The van der Waals surface area contributed by atoms with E-state index in [0.717, 1.165) is 11.8 Å². The van der Waals surface area contributed by atoms with Crippen LogP contribution in [0.1, 0.15) is 22.8 Å². The third kappa shape index (κ3) is 5.49. The van der Waals surface area contributed by atoms with Gasteiger partial charge < -0.3 is 9.32 Å². The van der Waals surface area contributed by atoms with Gasteiger partial charge in [-0.05, 0) is 26.0 Å². The molecule has 0 saturated carbocycles. The van der Waals surface area contributed by atoms with Crippen molar-refractivity contribution >= 4 is 17.7 Å². The maximum atomic E-state index is 12.8. The van der Waals surface area contributed by atoms with Crippen LogP contribution in [-0.2, 0) is 11.3 Å². The number of carbonyl (C=O) groups is 1. The lowest BCUT2D eigenvalue weighted by atomic mass is 10.3. The predicted molar refractivity (Wildman–Crippen MR) is 87.1 cm³/mol. The molecule has 0 saturated heterocycles. The van der Waals surface area contributed by atoms with Crippen LogP contribution in [-0.4, -0.2) is 39.2 Å². The first-order valence-electron chi connectivity index (χ1n) is 7.44. The summed E-state index contributed by atoms with van der Waals surface area (Å²) in [5.41, 5.74) is 0.666.